The summed E-state index contributed by atoms with van der Waals surface area (Å²) in [6.45, 7) is 5.26. The summed E-state index contributed by atoms with van der Waals surface area (Å²) < 4.78 is 28.8. The average molecular weight is 367 g/mol. The first kappa shape index (κ1) is 18.0. The van der Waals surface area contributed by atoms with Gasteiger partial charge in [0, 0.05) is 25.7 Å². The van der Waals surface area contributed by atoms with Crippen LogP contribution in [0.15, 0.2) is 24.3 Å². The van der Waals surface area contributed by atoms with Gasteiger partial charge in [0.05, 0.1) is 36.1 Å². The minimum atomic E-state index is -3.03. The van der Waals surface area contributed by atoms with Crippen LogP contribution < -0.4 is 10.2 Å². The van der Waals surface area contributed by atoms with Gasteiger partial charge in [-0.25, -0.2) is 13.2 Å². The average Bonchev–Trinajstić information content (AvgIpc) is 2.96. The van der Waals surface area contributed by atoms with E-state index in [0.717, 1.165) is 24.5 Å². The number of amides is 2. The Morgan fingerprint density at radius 3 is 2.68 bits per heavy atom. The van der Waals surface area contributed by atoms with E-state index in [1.165, 1.54) is 0 Å². The zero-order valence-electron chi connectivity index (χ0n) is 14.5. The van der Waals surface area contributed by atoms with E-state index in [1.807, 2.05) is 31.2 Å². The van der Waals surface area contributed by atoms with Gasteiger partial charge in [-0.1, -0.05) is 12.1 Å². The Labute approximate surface area is 148 Å². The van der Waals surface area contributed by atoms with E-state index in [-0.39, 0.29) is 23.6 Å². The number of hydrogen-bond donors (Lipinski definition) is 1. The van der Waals surface area contributed by atoms with Crippen LogP contribution in [0.1, 0.15) is 13.3 Å². The van der Waals surface area contributed by atoms with Crippen LogP contribution in [0.25, 0.3) is 0 Å². The summed E-state index contributed by atoms with van der Waals surface area (Å²) in [5.74, 6) is 0.213. The number of benzene rings is 1. The lowest BCUT2D eigenvalue weighted by Crippen LogP contribution is -2.44. The molecule has 2 amide bonds. The standard InChI is InChI=1S/C17H25N3O4S/c1-2-20(14-7-12-25(22,23)13-14)17(21)18-15-5-3-4-6-16(15)19-8-10-24-11-9-19/h3-6,14H,2,7-13H2,1H3,(H,18,21). The summed E-state index contributed by atoms with van der Waals surface area (Å²) in [6.07, 6.45) is 0.509. The van der Waals surface area contributed by atoms with Crippen LogP contribution in [0.2, 0.25) is 0 Å². The minimum absolute atomic E-state index is 0.0549. The molecule has 1 N–H and O–H groups in total. The second-order valence-electron chi connectivity index (χ2n) is 6.39. The summed E-state index contributed by atoms with van der Waals surface area (Å²) in [5, 5.41) is 2.97. The van der Waals surface area contributed by atoms with Crippen molar-refractivity contribution in [2.75, 3.05) is 54.6 Å². The van der Waals surface area contributed by atoms with Crippen molar-refractivity contribution in [2.24, 2.45) is 0 Å². The topological polar surface area (TPSA) is 79.0 Å². The molecule has 1 aromatic rings. The second-order valence-corrected chi connectivity index (χ2v) is 8.62. The lowest BCUT2D eigenvalue weighted by molar-refractivity contribution is 0.123. The fraction of sp³-hybridized carbons (Fsp3) is 0.588. The quantitative estimate of drug-likeness (QED) is 0.874. The molecule has 0 saturated carbocycles. The molecule has 3 rings (SSSR count). The molecule has 2 saturated heterocycles. The van der Waals surface area contributed by atoms with Crippen LogP contribution in [0.4, 0.5) is 16.2 Å². The Kier molecular flexibility index (Phi) is 5.48. The van der Waals surface area contributed by atoms with E-state index in [9.17, 15) is 13.2 Å². The number of carbonyl (C=O) groups excluding carboxylic acids is 1. The molecule has 2 fully saturated rings. The Hall–Kier alpha value is -1.80. The lowest BCUT2D eigenvalue weighted by atomic mass is 10.2. The molecule has 2 aliphatic rings. The molecule has 1 aromatic carbocycles. The van der Waals surface area contributed by atoms with Gasteiger partial charge in [-0.3, -0.25) is 0 Å². The Morgan fingerprint density at radius 1 is 1.32 bits per heavy atom. The maximum Gasteiger partial charge on any atom is 0.322 e. The lowest BCUT2D eigenvalue weighted by Gasteiger charge is -2.32. The molecule has 0 aromatic heterocycles. The summed E-state index contributed by atoms with van der Waals surface area (Å²) in [6, 6.07) is 7.20. The summed E-state index contributed by atoms with van der Waals surface area (Å²) in [7, 11) is -3.03. The highest BCUT2D eigenvalue weighted by atomic mass is 32.2. The number of anilines is 2. The second kappa shape index (κ2) is 7.61. The number of para-hydroxylation sites is 2. The van der Waals surface area contributed by atoms with Crippen LogP contribution in [0.5, 0.6) is 0 Å². The molecule has 1 unspecified atom stereocenters. The molecule has 138 valence electrons. The van der Waals surface area contributed by atoms with E-state index in [1.54, 1.807) is 4.90 Å². The van der Waals surface area contributed by atoms with Gasteiger partial charge in [-0.05, 0) is 25.5 Å². The van der Waals surface area contributed by atoms with E-state index in [4.69, 9.17) is 4.74 Å². The highest BCUT2D eigenvalue weighted by Gasteiger charge is 2.34. The fourth-order valence-electron chi connectivity index (χ4n) is 3.44. The van der Waals surface area contributed by atoms with Gasteiger partial charge < -0.3 is 19.9 Å². The molecular weight excluding hydrogens is 342 g/mol. The van der Waals surface area contributed by atoms with Crippen LogP contribution in [-0.2, 0) is 14.6 Å². The Morgan fingerprint density at radius 2 is 2.04 bits per heavy atom. The first-order valence-corrected chi connectivity index (χ1v) is 10.5. The van der Waals surface area contributed by atoms with Crippen LogP contribution in [0.3, 0.4) is 0 Å². The summed E-state index contributed by atoms with van der Waals surface area (Å²) in [5.41, 5.74) is 1.71. The number of rotatable bonds is 4. The van der Waals surface area contributed by atoms with Crippen molar-refractivity contribution in [1.29, 1.82) is 0 Å². The molecular formula is C17H25N3O4S. The van der Waals surface area contributed by atoms with Gasteiger partial charge in [-0.15, -0.1) is 0 Å². The van der Waals surface area contributed by atoms with E-state index in [0.29, 0.717) is 26.2 Å². The van der Waals surface area contributed by atoms with Crippen molar-refractivity contribution in [2.45, 2.75) is 19.4 Å². The number of nitrogens with zero attached hydrogens (tertiary/aromatic N) is 2. The van der Waals surface area contributed by atoms with E-state index < -0.39 is 9.84 Å². The Balaban J connectivity index is 1.74. The van der Waals surface area contributed by atoms with Gasteiger partial charge in [-0.2, -0.15) is 0 Å². The molecule has 0 spiro atoms. The first-order chi connectivity index (χ1) is 12.0. The molecule has 8 heteroatoms. The predicted molar refractivity (Wildman–Crippen MR) is 97.9 cm³/mol. The fourth-order valence-corrected chi connectivity index (χ4v) is 5.17. The highest BCUT2D eigenvalue weighted by molar-refractivity contribution is 7.91. The zero-order chi connectivity index (χ0) is 17.9. The van der Waals surface area contributed by atoms with Crippen molar-refractivity contribution < 1.29 is 17.9 Å². The maximum atomic E-state index is 12.8. The predicted octanol–water partition coefficient (Wildman–Crippen LogP) is 1.56. The third-order valence-electron chi connectivity index (χ3n) is 4.75. The van der Waals surface area contributed by atoms with Crippen molar-refractivity contribution in [3.8, 4) is 0 Å². The van der Waals surface area contributed by atoms with Crippen molar-refractivity contribution >= 4 is 27.2 Å². The van der Waals surface area contributed by atoms with E-state index >= 15 is 0 Å². The van der Waals surface area contributed by atoms with Gasteiger partial charge in [0.15, 0.2) is 9.84 Å². The smallest absolute Gasteiger partial charge is 0.322 e. The number of urea groups is 1. The van der Waals surface area contributed by atoms with Crippen LogP contribution in [-0.4, -0.2) is 69.7 Å². The van der Waals surface area contributed by atoms with E-state index in [2.05, 4.69) is 10.2 Å². The molecule has 0 bridgehead atoms. The molecule has 7 nitrogen and oxygen atoms in total. The number of hydrogen-bond acceptors (Lipinski definition) is 5. The number of sulfone groups is 1. The minimum Gasteiger partial charge on any atom is -0.378 e. The Bertz CT molecular complexity index is 716. The normalized spacial score (nSPS) is 22.6. The van der Waals surface area contributed by atoms with Gasteiger partial charge in [0.25, 0.3) is 0 Å². The number of nitrogens with one attached hydrogen (secondary N) is 1. The van der Waals surface area contributed by atoms with Gasteiger partial charge in [0.1, 0.15) is 0 Å². The molecule has 0 radical (unpaired) electrons. The molecule has 2 heterocycles. The molecule has 0 aliphatic carbocycles. The van der Waals surface area contributed by atoms with Gasteiger partial charge >= 0.3 is 6.03 Å². The molecule has 1 atom stereocenters. The largest absolute Gasteiger partial charge is 0.378 e. The summed E-state index contributed by atoms with van der Waals surface area (Å²) >= 11 is 0. The number of morpholine rings is 1. The molecule has 25 heavy (non-hydrogen) atoms. The van der Waals surface area contributed by atoms with Crippen molar-refractivity contribution in [1.82, 2.24) is 4.90 Å². The van der Waals surface area contributed by atoms with Crippen LogP contribution >= 0.6 is 0 Å². The number of ether oxygens (including phenoxy) is 1. The maximum absolute atomic E-state index is 12.8. The van der Waals surface area contributed by atoms with Gasteiger partial charge in [0.2, 0.25) is 0 Å². The first-order valence-electron chi connectivity index (χ1n) is 8.70. The monoisotopic (exact) mass is 367 g/mol. The van der Waals surface area contributed by atoms with Crippen LogP contribution in [0, 0.1) is 0 Å². The third-order valence-corrected chi connectivity index (χ3v) is 6.50. The third kappa shape index (κ3) is 4.24. The van der Waals surface area contributed by atoms with Crippen molar-refractivity contribution in [3.05, 3.63) is 24.3 Å². The zero-order valence-corrected chi connectivity index (χ0v) is 15.3. The number of carbonyl (C=O) groups is 1. The summed E-state index contributed by atoms with van der Waals surface area (Å²) in [4.78, 5) is 16.6. The SMILES string of the molecule is CCN(C(=O)Nc1ccccc1N1CCOCC1)C1CCS(=O)(=O)C1. The van der Waals surface area contributed by atoms with Crippen molar-refractivity contribution in [3.63, 3.8) is 0 Å². The molecule has 2 aliphatic heterocycles. The highest BCUT2D eigenvalue weighted by Crippen LogP contribution is 2.27.